The molecule has 2 aromatic rings. The minimum absolute atomic E-state index is 0.172. The highest BCUT2D eigenvalue weighted by Crippen LogP contribution is 2.19. The third-order valence-corrected chi connectivity index (χ3v) is 3.68. The molecule has 0 amide bonds. The molecular formula is C10H12N4O2S. The molecule has 1 aromatic carbocycles. The van der Waals surface area contributed by atoms with Crippen LogP contribution in [0.5, 0.6) is 0 Å². The molecule has 1 heterocycles. The molecule has 0 aliphatic heterocycles. The zero-order valence-electron chi connectivity index (χ0n) is 9.14. The van der Waals surface area contributed by atoms with Crippen molar-refractivity contribution in [2.45, 2.75) is 11.8 Å². The van der Waals surface area contributed by atoms with Gasteiger partial charge in [-0.1, -0.05) is 0 Å². The van der Waals surface area contributed by atoms with Gasteiger partial charge in [-0.2, -0.15) is 5.10 Å². The molecule has 0 bridgehead atoms. The van der Waals surface area contributed by atoms with Crippen LogP contribution in [-0.4, -0.2) is 18.6 Å². The lowest BCUT2D eigenvalue weighted by Gasteiger charge is -2.07. The number of benzene rings is 1. The predicted octanol–water partition coefficient (Wildman–Crippen LogP) is 1.10. The van der Waals surface area contributed by atoms with Crippen LogP contribution in [0, 0.1) is 6.92 Å². The molecule has 7 heteroatoms. The number of nitrogen functional groups attached to an aromatic ring is 1. The van der Waals surface area contributed by atoms with Gasteiger partial charge in [-0.3, -0.25) is 9.82 Å². The van der Waals surface area contributed by atoms with E-state index in [1.165, 1.54) is 24.5 Å². The zero-order valence-corrected chi connectivity index (χ0v) is 9.95. The molecule has 0 saturated heterocycles. The number of rotatable bonds is 3. The molecule has 1 aromatic heterocycles. The number of nitrogens with zero attached hydrogens (tertiary/aromatic N) is 1. The molecule has 0 atom stereocenters. The normalized spacial score (nSPS) is 11.4. The van der Waals surface area contributed by atoms with E-state index in [0.29, 0.717) is 11.4 Å². The van der Waals surface area contributed by atoms with Crippen molar-refractivity contribution in [1.82, 2.24) is 10.2 Å². The van der Waals surface area contributed by atoms with Gasteiger partial charge in [0.15, 0.2) is 0 Å². The molecule has 0 aliphatic rings. The molecule has 0 radical (unpaired) electrons. The van der Waals surface area contributed by atoms with Crippen molar-refractivity contribution in [3.05, 3.63) is 36.2 Å². The Labute approximate surface area is 98.9 Å². The fourth-order valence-corrected chi connectivity index (χ4v) is 2.46. The number of aromatic nitrogens is 2. The van der Waals surface area contributed by atoms with E-state index >= 15 is 0 Å². The van der Waals surface area contributed by atoms with Crippen LogP contribution in [0.4, 0.5) is 11.4 Å². The lowest BCUT2D eigenvalue weighted by Crippen LogP contribution is -2.12. The van der Waals surface area contributed by atoms with Crippen molar-refractivity contribution in [3.63, 3.8) is 0 Å². The summed E-state index contributed by atoms with van der Waals surface area (Å²) < 4.78 is 26.3. The lowest BCUT2D eigenvalue weighted by atomic mass is 10.2. The monoisotopic (exact) mass is 252 g/mol. The highest BCUT2D eigenvalue weighted by atomic mass is 32.2. The first-order chi connectivity index (χ1) is 7.99. The summed E-state index contributed by atoms with van der Waals surface area (Å²) in [6, 6.07) is 4.56. The number of sulfonamides is 1. The van der Waals surface area contributed by atoms with Crippen LogP contribution in [-0.2, 0) is 10.0 Å². The summed E-state index contributed by atoms with van der Waals surface area (Å²) >= 11 is 0. The van der Waals surface area contributed by atoms with Crippen molar-refractivity contribution >= 4 is 21.4 Å². The third kappa shape index (κ3) is 2.39. The van der Waals surface area contributed by atoms with E-state index in [1.54, 1.807) is 13.0 Å². The number of aryl methyl sites for hydroxylation is 1. The van der Waals surface area contributed by atoms with E-state index in [0.717, 1.165) is 5.56 Å². The quantitative estimate of drug-likeness (QED) is 0.712. The minimum Gasteiger partial charge on any atom is -0.399 e. The first-order valence-electron chi connectivity index (χ1n) is 4.87. The molecule has 0 unspecified atom stereocenters. The van der Waals surface area contributed by atoms with Crippen molar-refractivity contribution in [2.75, 3.05) is 10.5 Å². The van der Waals surface area contributed by atoms with Gasteiger partial charge in [0.1, 0.15) is 0 Å². The Kier molecular flexibility index (Phi) is 2.76. The van der Waals surface area contributed by atoms with Crippen molar-refractivity contribution in [2.24, 2.45) is 0 Å². The zero-order chi connectivity index (χ0) is 12.5. The number of H-pyrrole nitrogens is 1. The van der Waals surface area contributed by atoms with Gasteiger partial charge in [-0.15, -0.1) is 0 Å². The number of hydrogen-bond acceptors (Lipinski definition) is 4. The molecular weight excluding hydrogens is 240 g/mol. The topological polar surface area (TPSA) is 101 Å². The molecule has 0 spiro atoms. The predicted molar refractivity (Wildman–Crippen MR) is 65.0 cm³/mol. The van der Waals surface area contributed by atoms with Gasteiger partial charge in [0.05, 0.1) is 16.8 Å². The Morgan fingerprint density at radius 1 is 1.41 bits per heavy atom. The minimum atomic E-state index is -3.59. The maximum Gasteiger partial charge on any atom is 0.262 e. The van der Waals surface area contributed by atoms with E-state index < -0.39 is 10.0 Å². The maximum atomic E-state index is 12.0. The van der Waals surface area contributed by atoms with E-state index in [9.17, 15) is 8.42 Å². The summed E-state index contributed by atoms with van der Waals surface area (Å²) in [6.07, 6.45) is 2.85. The van der Waals surface area contributed by atoms with E-state index in [-0.39, 0.29) is 4.90 Å². The van der Waals surface area contributed by atoms with Crippen LogP contribution in [0.2, 0.25) is 0 Å². The lowest BCUT2D eigenvalue weighted by molar-refractivity contribution is 0.601. The molecule has 4 N–H and O–H groups in total. The SMILES string of the molecule is Cc1cc(S(=O)(=O)Nc2cn[nH]c2)ccc1N. The second kappa shape index (κ2) is 4.10. The first-order valence-corrected chi connectivity index (χ1v) is 6.35. The maximum absolute atomic E-state index is 12.0. The van der Waals surface area contributed by atoms with E-state index in [4.69, 9.17) is 5.73 Å². The number of hydrogen-bond donors (Lipinski definition) is 3. The van der Waals surface area contributed by atoms with Crippen LogP contribution >= 0.6 is 0 Å². The fourth-order valence-electron chi connectivity index (χ4n) is 1.34. The molecule has 17 heavy (non-hydrogen) atoms. The van der Waals surface area contributed by atoms with Gasteiger partial charge in [0.25, 0.3) is 10.0 Å². The molecule has 0 aliphatic carbocycles. The van der Waals surface area contributed by atoms with Crippen LogP contribution in [0.25, 0.3) is 0 Å². The summed E-state index contributed by atoms with van der Waals surface area (Å²) in [5.74, 6) is 0. The summed E-state index contributed by atoms with van der Waals surface area (Å²) in [5, 5.41) is 6.19. The van der Waals surface area contributed by atoms with E-state index in [1.807, 2.05) is 0 Å². The first kappa shape index (κ1) is 11.5. The summed E-state index contributed by atoms with van der Waals surface area (Å²) in [7, 11) is -3.59. The standard InChI is InChI=1S/C10H12N4O2S/c1-7-4-9(2-3-10(7)11)17(15,16)14-8-5-12-13-6-8/h2-6,14H,11H2,1H3,(H,12,13). The van der Waals surface area contributed by atoms with Crippen LogP contribution in [0.3, 0.4) is 0 Å². The average Bonchev–Trinajstić information content (AvgIpc) is 2.73. The number of aromatic amines is 1. The summed E-state index contributed by atoms with van der Waals surface area (Å²) in [4.78, 5) is 0.172. The Balaban J connectivity index is 2.35. The van der Waals surface area contributed by atoms with Gasteiger partial charge >= 0.3 is 0 Å². The van der Waals surface area contributed by atoms with Gasteiger partial charge < -0.3 is 5.73 Å². The number of nitrogens with two attached hydrogens (primary N) is 1. The molecule has 6 nitrogen and oxygen atoms in total. The van der Waals surface area contributed by atoms with Gasteiger partial charge in [-0.25, -0.2) is 8.42 Å². The van der Waals surface area contributed by atoms with Gasteiger partial charge in [-0.05, 0) is 30.7 Å². The second-order valence-electron chi connectivity index (χ2n) is 3.61. The molecule has 0 fully saturated rings. The number of anilines is 2. The highest BCUT2D eigenvalue weighted by Gasteiger charge is 2.15. The Bertz CT molecular complexity index is 620. The molecule has 0 saturated carbocycles. The smallest absolute Gasteiger partial charge is 0.262 e. The van der Waals surface area contributed by atoms with Gasteiger partial charge in [0.2, 0.25) is 0 Å². The third-order valence-electron chi connectivity index (χ3n) is 2.30. The Morgan fingerprint density at radius 3 is 2.76 bits per heavy atom. The number of nitrogens with one attached hydrogen (secondary N) is 2. The Hall–Kier alpha value is -2.02. The second-order valence-corrected chi connectivity index (χ2v) is 5.29. The summed E-state index contributed by atoms with van der Waals surface area (Å²) in [6.45, 7) is 1.76. The van der Waals surface area contributed by atoms with Gasteiger partial charge in [0, 0.05) is 11.9 Å². The van der Waals surface area contributed by atoms with Crippen LogP contribution < -0.4 is 10.5 Å². The largest absolute Gasteiger partial charge is 0.399 e. The van der Waals surface area contributed by atoms with Crippen molar-refractivity contribution in [3.8, 4) is 0 Å². The fraction of sp³-hybridized carbons (Fsp3) is 0.100. The van der Waals surface area contributed by atoms with Crippen LogP contribution in [0.1, 0.15) is 5.56 Å². The highest BCUT2D eigenvalue weighted by molar-refractivity contribution is 7.92. The average molecular weight is 252 g/mol. The molecule has 90 valence electrons. The summed E-state index contributed by atoms with van der Waals surface area (Å²) in [5.41, 5.74) is 7.31. The van der Waals surface area contributed by atoms with Crippen molar-refractivity contribution in [1.29, 1.82) is 0 Å². The van der Waals surface area contributed by atoms with Crippen LogP contribution in [0.15, 0.2) is 35.5 Å². The Morgan fingerprint density at radius 2 is 2.18 bits per heavy atom. The van der Waals surface area contributed by atoms with Crippen molar-refractivity contribution < 1.29 is 8.42 Å². The molecule has 2 rings (SSSR count). The van der Waals surface area contributed by atoms with E-state index in [2.05, 4.69) is 14.9 Å².